The Morgan fingerprint density at radius 1 is 1.02 bits per heavy atom. The molecular formula is C28H29F3N6O4. The van der Waals surface area contributed by atoms with Gasteiger partial charge in [-0.25, -0.2) is 4.52 Å². The van der Waals surface area contributed by atoms with Crippen LogP contribution >= 0.6 is 0 Å². The Morgan fingerprint density at radius 3 is 2.41 bits per heavy atom. The minimum atomic E-state index is -4.49. The second-order valence-corrected chi connectivity index (χ2v) is 10.0. The number of aliphatic hydroxyl groups excluding tert-OH is 1. The van der Waals surface area contributed by atoms with Gasteiger partial charge in [-0.15, -0.1) is 5.10 Å². The van der Waals surface area contributed by atoms with Gasteiger partial charge >= 0.3 is 6.18 Å². The van der Waals surface area contributed by atoms with E-state index in [0.29, 0.717) is 28.2 Å². The minimum Gasteiger partial charge on any atom is -0.495 e. The van der Waals surface area contributed by atoms with Crippen LogP contribution in [0.25, 0.3) is 16.8 Å². The third-order valence-electron chi connectivity index (χ3n) is 6.14. The highest BCUT2D eigenvalue weighted by molar-refractivity contribution is 5.96. The molecule has 0 spiro atoms. The zero-order valence-corrected chi connectivity index (χ0v) is 22.8. The number of hydrogen-bond acceptors (Lipinski definition) is 7. The predicted molar refractivity (Wildman–Crippen MR) is 146 cm³/mol. The molecule has 216 valence electrons. The van der Waals surface area contributed by atoms with Crippen LogP contribution in [-0.2, 0) is 0 Å². The molecule has 41 heavy (non-hydrogen) atoms. The molecule has 4 rings (SSSR count). The molecule has 2 aromatic carbocycles. The van der Waals surface area contributed by atoms with E-state index in [0.717, 1.165) is 11.1 Å². The first-order valence-corrected chi connectivity index (χ1v) is 12.5. The highest BCUT2D eigenvalue weighted by Gasteiger charge is 2.28. The van der Waals surface area contributed by atoms with E-state index < -0.39 is 24.2 Å². The Hall–Kier alpha value is -4.65. The van der Waals surface area contributed by atoms with Crippen LogP contribution < -0.4 is 20.7 Å². The Kier molecular flexibility index (Phi) is 8.19. The van der Waals surface area contributed by atoms with Crippen LogP contribution in [0.1, 0.15) is 40.1 Å². The summed E-state index contributed by atoms with van der Waals surface area (Å²) in [4.78, 5) is 29.2. The van der Waals surface area contributed by atoms with Gasteiger partial charge in [-0.2, -0.15) is 18.2 Å². The van der Waals surface area contributed by atoms with E-state index in [1.54, 1.807) is 67.9 Å². The zero-order chi connectivity index (χ0) is 29.9. The molecule has 0 radical (unpaired) electrons. The number of aryl methyl sites for hydroxylation is 1. The Labute approximate surface area is 233 Å². The van der Waals surface area contributed by atoms with Gasteiger partial charge in [0, 0.05) is 22.9 Å². The highest BCUT2D eigenvalue weighted by atomic mass is 19.4. The van der Waals surface area contributed by atoms with Gasteiger partial charge in [0.05, 0.1) is 24.9 Å². The first kappa shape index (κ1) is 29.3. The Balaban J connectivity index is 1.52. The Bertz CT molecular complexity index is 1600. The van der Waals surface area contributed by atoms with Crippen LogP contribution in [0.2, 0.25) is 0 Å². The van der Waals surface area contributed by atoms with Crippen LogP contribution in [0.3, 0.4) is 0 Å². The number of fused-ring (bicyclic) bond motifs is 1. The van der Waals surface area contributed by atoms with Crippen LogP contribution in [0, 0.1) is 6.92 Å². The molecule has 13 heteroatoms. The van der Waals surface area contributed by atoms with Gasteiger partial charge in [-0.3, -0.25) is 9.59 Å². The van der Waals surface area contributed by atoms with Crippen LogP contribution in [0.4, 0.5) is 24.8 Å². The number of nitrogens with zero attached hydrogens (tertiary/aromatic N) is 3. The summed E-state index contributed by atoms with van der Waals surface area (Å²) in [5, 5.41) is 21.6. The summed E-state index contributed by atoms with van der Waals surface area (Å²) in [7, 11) is 1.47. The normalized spacial score (nSPS) is 11.8. The van der Waals surface area contributed by atoms with Crippen LogP contribution in [-0.4, -0.2) is 63.5 Å². The fourth-order valence-electron chi connectivity index (χ4n) is 3.96. The van der Waals surface area contributed by atoms with Crippen molar-refractivity contribution in [2.75, 3.05) is 25.6 Å². The molecule has 0 aliphatic rings. The van der Waals surface area contributed by atoms with Gasteiger partial charge in [-0.05, 0) is 68.3 Å². The number of ether oxygens (including phenoxy) is 1. The maximum absolute atomic E-state index is 12.6. The molecule has 0 aliphatic heterocycles. The number of pyridine rings is 1. The van der Waals surface area contributed by atoms with E-state index in [-0.39, 0.29) is 24.0 Å². The molecule has 0 unspecified atom stereocenters. The summed E-state index contributed by atoms with van der Waals surface area (Å²) in [6.45, 7) is 3.44. The smallest absolute Gasteiger partial charge is 0.405 e. The monoisotopic (exact) mass is 570 g/mol. The lowest BCUT2D eigenvalue weighted by Gasteiger charge is -2.23. The molecule has 2 amide bonds. The molecule has 0 saturated carbocycles. The molecule has 0 aliphatic carbocycles. The Morgan fingerprint density at radius 2 is 1.76 bits per heavy atom. The lowest BCUT2D eigenvalue weighted by atomic mass is 10.0. The third kappa shape index (κ3) is 7.11. The zero-order valence-electron chi connectivity index (χ0n) is 22.8. The lowest BCUT2D eigenvalue weighted by Crippen LogP contribution is -2.46. The molecular weight excluding hydrogens is 541 g/mol. The van der Waals surface area contributed by atoms with Crippen molar-refractivity contribution in [3.8, 4) is 16.9 Å². The van der Waals surface area contributed by atoms with Crippen molar-refractivity contribution in [2.45, 2.75) is 32.5 Å². The third-order valence-corrected chi connectivity index (χ3v) is 6.14. The summed E-state index contributed by atoms with van der Waals surface area (Å²) >= 11 is 0. The SMILES string of the molecule is COc1cc(C(=O)NC(C)(C)CO)ccc1Nc1nc2ccc(-c3ccc(C(=O)NCC(F)(F)F)c(C)c3)cn2n1. The van der Waals surface area contributed by atoms with Gasteiger partial charge in [-0.1, -0.05) is 12.1 Å². The van der Waals surface area contributed by atoms with Gasteiger partial charge < -0.3 is 25.8 Å². The molecule has 2 heterocycles. The average Bonchev–Trinajstić information content (AvgIpc) is 3.32. The van der Waals surface area contributed by atoms with E-state index in [2.05, 4.69) is 20.7 Å². The van der Waals surface area contributed by atoms with Crippen molar-refractivity contribution in [3.05, 3.63) is 71.4 Å². The number of methoxy groups -OCH3 is 1. The van der Waals surface area contributed by atoms with E-state index >= 15 is 0 Å². The van der Waals surface area contributed by atoms with Crippen molar-refractivity contribution in [1.82, 2.24) is 25.2 Å². The average molecular weight is 571 g/mol. The molecule has 0 fully saturated rings. The number of hydrogen-bond donors (Lipinski definition) is 4. The number of rotatable bonds is 9. The van der Waals surface area contributed by atoms with Crippen molar-refractivity contribution >= 4 is 29.1 Å². The number of alkyl halides is 3. The summed E-state index contributed by atoms with van der Waals surface area (Å²) in [6, 6.07) is 13.2. The van der Waals surface area contributed by atoms with E-state index in [9.17, 15) is 27.9 Å². The summed E-state index contributed by atoms with van der Waals surface area (Å²) in [5.41, 5.74) is 2.79. The van der Waals surface area contributed by atoms with Crippen molar-refractivity contribution in [2.24, 2.45) is 0 Å². The number of nitrogens with one attached hydrogen (secondary N) is 3. The summed E-state index contributed by atoms with van der Waals surface area (Å²) in [6.07, 6.45) is -2.76. The number of benzene rings is 2. The largest absolute Gasteiger partial charge is 0.495 e. The number of carbonyl (C=O) groups is 2. The lowest BCUT2D eigenvalue weighted by molar-refractivity contribution is -0.123. The molecule has 2 aromatic heterocycles. The number of aromatic nitrogens is 3. The van der Waals surface area contributed by atoms with E-state index in [4.69, 9.17) is 4.74 Å². The van der Waals surface area contributed by atoms with E-state index in [1.165, 1.54) is 13.2 Å². The fourth-order valence-corrected chi connectivity index (χ4v) is 3.96. The van der Waals surface area contributed by atoms with Gasteiger partial charge in [0.1, 0.15) is 12.3 Å². The topological polar surface area (TPSA) is 130 Å². The van der Waals surface area contributed by atoms with Crippen LogP contribution in [0.15, 0.2) is 54.7 Å². The number of halogens is 3. The number of aliphatic hydroxyl groups is 1. The highest BCUT2D eigenvalue weighted by Crippen LogP contribution is 2.29. The summed E-state index contributed by atoms with van der Waals surface area (Å²) in [5.74, 6) is -0.509. The molecule has 0 bridgehead atoms. The molecule has 0 atom stereocenters. The maximum Gasteiger partial charge on any atom is 0.405 e. The number of carbonyl (C=O) groups excluding carboxylic acids is 2. The second kappa shape index (κ2) is 11.5. The maximum atomic E-state index is 12.6. The standard InChI is InChI=1S/C28H29F3N6O4/c1-16-11-17(5-8-20(16)25(40)32-14-28(29,30)31)19-7-10-23-34-26(36-37(23)13-19)33-21-9-6-18(12-22(21)41-4)24(39)35-27(2,3)15-38/h5-13,38H,14-15H2,1-4H3,(H,32,40)(H,33,36)(H,35,39). The van der Waals surface area contributed by atoms with Crippen molar-refractivity contribution in [3.63, 3.8) is 0 Å². The van der Waals surface area contributed by atoms with Crippen molar-refractivity contribution < 1.29 is 32.6 Å². The van der Waals surface area contributed by atoms with Gasteiger partial charge in [0.25, 0.3) is 11.8 Å². The van der Waals surface area contributed by atoms with Crippen molar-refractivity contribution in [1.29, 1.82) is 0 Å². The number of amides is 2. The quantitative estimate of drug-likeness (QED) is 0.237. The van der Waals surface area contributed by atoms with Gasteiger partial charge in [0.15, 0.2) is 5.65 Å². The molecule has 10 nitrogen and oxygen atoms in total. The predicted octanol–water partition coefficient (Wildman–Crippen LogP) is 4.25. The molecule has 0 saturated heterocycles. The van der Waals surface area contributed by atoms with E-state index in [1.807, 2.05) is 11.4 Å². The first-order valence-electron chi connectivity index (χ1n) is 12.5. The second-order valence-electron chi connectivity index (χ2n) is 10.0. The van der Waals surface area contributed by atoms with Crippen LogP contribution in [0.5, 0.6) is 5.75 Å². The molecule has 4 N–H and O–H groups in total. The minimum absolute atomic E-state index is 0.154. The van der Waals surface area contributed by atoms with Gasteiger partial charge in [0.2, 0.25) is 5.95 Å². The molecule has 4 aromatic rings. The number of anilines is 2. The summed E-state index contributed by atoms with van der Waals surface area (Å²) < 4.78 is 44.4. The first-order chi connectivity index (χ1) is 19.3. The fraction of sp³-hybridized carbons (Fsp3) is 0.286.